The van der Waals surface area contributed by atoms with Gasteiger partial charge >= 0.3 is 0 Å². The zero-order valence-corrected chi connectivity index (χ0v) is 26.9. The summed E-state index contributed by atoms with van der Waals surface area (Å²) in [6.45, 7) is 28.9. The van der Waals surface area contributed by atoms with E-state index in [1.54, 1.807) is 10.9 Å². The van der Waals surface area contributed by atoms with Gasteiger partial charge in [-0.2, -0.15) is 10.2 Å². The summed E-state index contributed by atoms with van der Waals surface area (Å²) in [6.07, 6.45) is 5.67. The standard InChI is InChI=1S/C29H48N4OSi2/c1-27(2,3)25-22-24(32(31-25)35(10,11)28(4,5)6)26(34)33(36(12,13)29(7,8)9)30-21-17-20-23-18-15-14-16-19-23/h14-22H,1-13H3/b20-17+,30-21+. The molecule has 0 radical (unpaired) electrons. The van der Waals surface area contributed by atoms with Crippen LogP contribution in [-0.2, 0) is 5.41 Å². The molecule has 0 aliphatic heterocycles. The first-order valence-corrected chi connectivity index (χ1v) is 18.8. The van der Waals surface area contributed by atoms with Gasteiger partial charge in [0.05, 0.1) is 5.69 Å². The van der Waals surface area contributed by atoms with Gasteiger partial charge in [-0.05, 0) is 54.0 Å². The minimum atomic E-state index is -2.35. The van der Waals surface area contributed by atoms with E-state index in [9.17, 15) is 4.79 Å². The normalized spacial score (nSPS) is 14.1. The maximum atomic E-state index is 14.4. The van der Waals surface area contributed by atoms with Gasteiger partial charge in [-0.3, -0.25) is 13.8 Å². The van der Waals surface area contributed by atoms with E-state index in [0.29, 0.717) is 5.69 Å². The quantitative estimate of drug-likeness (QED) is 0.217. The molecule has 0 aliphatic carbocycles. The van der Waals surface area contributed by atoms with Crippen LogP contribution in [0.1, 0.15) is 84.1 Å². The lowest BCUT2D eigenvalue weighted by molar-refractivity contribution is 0.0840. The fourth-order valence-electron chi connectivity index (χ4n) is 3.34. The predicted molar refractivity (Wildman–Crippen MR) is 161 cm³/mol. The van der Waals surface area contributed by atoms with E-state index in [-0.39, 0.29) is 21.4 Å². The highest BCUT2D eigenvalue weighted by Crippen LogP contribution is 2.41. The van der Waals surface area contributed by atoms with Crippen LogP contribution in [0.25, 0.3) is 6.08 Å². The largest absolute Gasteiger partial charge is 0.289 e. The van der Waals surface area contributed by atoms with Crippen molar-refractivity contribution in [1.82, 2.24) is 14.1 Å². The molecule has 0 atom stereocenters. The van der Waals surface area contributed by atoms with Crippen LogP contribution < -0.4 is 0 Å². The molecule has 7 heteroatoms. The molecular formula is C29H48N4OSi2. The highest BCUT2D eigenvalue weighted by atomic mass is 28.3. The zero-order chi connectivity index (χ0) is 27.7. The molecule has 1 heterocycles. The van der Waals surface area contributed by atoms with Gasteiger partial charge in [0.1, 0.15) is 5.69 Å². The van der Waals surface area contributed by atoms with Crippen molar-refractivity contribution in [2.75, 3.05) is 0 Å². The molecule has 1 aromatic carbocycles. The minimum Gasteiger partial charge on any atom is -0.289 e. The van der Waals surface area contributed by atoms with Gasteiger partial charge in [-0.1, -0.05) is 98.7 Å². The lowest BCUT2D eigenvalue weighted by Crippen LogP contribution is -2.56. The Hall–Kier alpha value is -2.26. The van der Waals surface area contributed by atoms with E-state index >= 15 is 0 Å². The number of rotatable bonds is 6. The van der Waals surface area contributed by atoms with E-state index in [1.165, 1.54) is 0 Å². The molecule has 2 aromatic rings. The summed E-state index contributed by atoms with van der Waals surface area (Å²) in [6, 6.07) is 12.1. The van der Waals surface area contributed by atoms with E-state index < -0.39 is 16.5 Å². The lowest BCUT2D eigenvalue weighted by Gasteiger charge is -2.43. The Bertz CT molecular complexity index is 1110. The number of allylic oxidation sites excluding steroid dienone is 1. The second-order valence-electron chi connectivity index (χ2n) is 13.8. The molecule has 0 unspecified atom stereocenters. The molecule has 0 fully saturated rings. The zero-order valence-electron chi connectivity index (χ0n) is 24.9. The van der Waals surface area contributed by atoms with Gasteiger partial charge in [0.15, 0.2) is 16.5 Å². The highest BCUT2D eigenvalue weighted by molar-refractivity contribution is 6.80. The first kappa shape index (κ1) is 30.0. The SMILES string of the molecule is CC(C)(C)c1cc(C(=O)N(/N=C/C=C/c2ccccc2)[Si](C)(C)C(C)(C)C)n([Si](C)(C)C(C)(C)C)n1. The summed E-state index contributed by atoms with van der Waals surface area (Å²) in [5.74, 6) is -0.0567. The van der Waals surface area contributed by atoms with Crippen molar-refractivity contribution in [2.45, 2.75) is 104 Å². The Kier molecular flexibility index (Phi) is 8.53. The van der Waals surface area contributed by atoms with Gasteiger partial charge < -0.3 is 0 Å². The van der Waals surface area contributed by atoms with Crippen molar-refractivity contribution in [2.24, 2.45) is 5.10 Å². The first-order chi connectivity index (χ1) is 16.2. The molecule has 0 spiro atoms. The van der Waals surface area contributed by atoms with Gasteiger partial charge in [-0.25, -0.2) is 0 Å². The molecule has 5 nitrogen and oxygen atoms in total. The molecular weight excluding hydrogens is 477 g/mol. The monoisotopic (exact) mass is 524 g/mol. The third-order valence-corrected chi connectivity index (χ3v) is 18.1. The average Bonchev–Trinajstić information content (AvgIpc) is 3.19. The first-order valence-electron chi connectivity index (χ1n) is 12.9. The summed E-state index contributed by atoms with van der Waals surface area (Å²) >= 11 is 0. The van der Waals surface area contributed by atoms with Crippen LogP contribution in [0.2, 0.25) is 36.3 Å². The molecule has 198 valence electrons. The smallest absolute Gasteiger partial charge is 0.283 e. The molecule has 1 aromatic heterocycles. The topological polar surface area (TPSA) is 50.5 Å². The number of hydrogen-bond acceptors (Lipinski definition) is 3. The summed E-state index contributed by atoms with van der Waals surface area (Å²) in [5, 5.41) is 9.85. The van der Waals surface area contributed by atoms with E-state index in [2.05, 4.69) is 92.8 Å². The molecule has 36 heavy (non-hydrogen) atoms. The lowest BCUT2D eigenvalue weighted by atomic mass is 9.92. The Balaban J connectivity index is 2.66. The van der Waals surface area contributed by atoms with Gasteiger partial charge in [0.25, 0.3) is 5.91 Å². The van der Waals surface area contributed by atoms with Crippen LogP contribution in [0, 0.1) is 0 Å². The number of carbonyl (C=O) groups is 1. The second-order valence-corrected chi connectivity index (χ2v) is 23.9. The Morgan fingerprint density at radius 1 is 0.917 bits per heavy atom. The minimum absolute atomic E-state index is 0.0205. The molecule has 0 aliphatic rings. The highest BCUT2D eigenvalue weighted by Gasteiger charge is 2.47. The number of hydrogen-bond donors (Lipinski definition) is 0. The van der Waals surface area contributed by atoms with E-state index in [1.807, 2.05) is 48.6 Å². The van der Waals surface area contributed by atoms with Crippen LogP contribution in [0.3, 0.4) is 0 Å². The van der Waals surface area contributed by atoms with Crippen molar-refractivity contribution in [3.63, 3.8) is 0 Å². The third kappa shape index (κ3) is 6.35. The number of benzene rings is 1. The van der Waals surface area contributed by atoms with Gasteiger partial charge in [0.2, 0.25) is 0 Å². The van der Waals surface area contributed by atoms with Gasteiger partial charge in [-0.15, -0.1) is 0 Å². The molecule has 2 rings (SSSR count). The van der Waals surface area contributed by atoms with Crippen molar-refractivity contribution in [3.05, 3.63) is 59.4 Å². The maximum absolute atomic E-state index is 14.4. The number of carbonyl (C=O) groups excluding carboxylic acids is 1. The predicted octanol–water partition coefficient (Wildman–Crippen LogP) is 8.18. The number of hydrazone groups is 1. The average molecular weight is 525 g/mol. The molecule has 0 N–H and O–H groups in total. The van der Waals surface area contributed by atoms with Crippen molar-refractivity contribution in [1.29, 1.82) is 0 Å². The van der Waals surface area contributed by atoms with Crippen molar-refractivity contribution >= 4 is 34.7 Å². The Morgan fingerprint density at radius 2 is 1.47 bits per heavy atom. The fourth-order valence-corrected chi connectivity index (χ4v) is 6.71. The van der Waals surface area contributed by atoms with Crippen LogP contribution in [-0.4, -0.2) is 42.7 Å². The summed E-state index contributed by atoms with van der Waals surface area (Å²) < 4.78 is 3.89. The number of amides is 1. The van der Waals surface area contributed by atoms with Crippen molar-refractivity contribution < 1.29 is 4.79 Å². The van der Waals surface area contributed by atoms with Crippen LogP contribution in [0.5, 0.6) is 0 Å². The van der Waals surface area contributed by atoms with E-state index in [0.717, 1.165) is 11.3 Å². The summed E-state index contributed by atoms with van der Waals surface area (Å²) in [5.41, 5.74) is 2.53. The van der Waals surface area contributed by atoms with Crippen LogP contribution >= 0.6 is 0 Å². The van der Waals surface area contributed by atoms with Crippen LogP contribution in [0.4, 0.5) is 0 Å². The molecule has 0 saturated carbocycles. The number of nitrogens with zero attached hydrogens (tertiary/aromatic N) is 4. The molecule has 1 amide bonds. The Morgan fingerprint density at radius 3 is 1.94 bits per heavy atom. The second kappa shape index (κ2) is 10.2. The maximum Gasteiger partial charge on any atom is 0.283 e. The van der Waals surface area contributed by atoms with Crippen LogP contribution in [0.15, 0.2) is 47.6 Å². The summed E-state index contributed by atoms with van der Waals surface area (Å²) in [4.78, 5) is 14.4. The molecule has 0 bridgehead atoms. The van der Waals surface area contributed by atoms with Crippen molar-refractivity contribution in [3.8, 4) is 0 Å². The fraction of sp³-hybridized carbons (Fsp3) is 0.552. The summed E-state index contributed by atoms with van der Waals surface area (Å²) in [7, 11) is -4.52. The molecule has 0 saturated heterocycles. The number of aromatic nitrogens is 2. The van der Waals surface area contributed by atoms with E-state index in [4.69, 9.17) is 10.2 Å². The Labute approximate surface area is 221 Å². The third-order valence-electron chi connectivity index (χ3n) is 7.98. The van der Waals surface area contributed by atoms with Gasteiger partial charge in [0, 0.05) is 11.6 Å².